The highest BCUT2D eigenvalue weighted by atomic mass is 32.1. The topological polar surface area (TPSA) is 66.6 Å². The van der Waals surface area contributed by atoms with Gasteiger partial charge in [-0.25, -0.2) is 0 Å². The number of piperidine rings is 1. The summed E-state index contributed by atoms with van der Waals surface area (Å²) in [5.41, 5.74) is 6.49. The summed E-state index contributed by atoms with van der Waals surface area (Å²) in [6, 6.07) is 1.86. The van der Waals surface area contributed by atoms with Crippen LogP contribution in [-0.4, -0.2) is 30.1 Å². The van der Waals surface area contributed by atoms with E-state index in [1.807, 2.05) is 19.9 Å². The van der Waals surface area contributed by atoms with E-state index in [4.69, 9.17) is 5.73 Å². The lowest BCUT2D eigenvalue weighted by atomic mass is 10.1. The summed E-state index contributed by atoms with van der Waals surface area (Å²) in [6.45, 7) is 5.32. The van der Waals surface area contributed by atoms with Gasteiger partial charge in [-0.15, -0.1) is 11.3 Å². The normalized spacial score (nSPS) is 20.4. The van der Waals surface area contributed by atoms with E-state index in [0.717, 1.165) is 24.4 Å². The first-order chi connectivity index (χ1) is 8.49. The lowest BCUT2D eigenvalue weighted by molar-refractivity contribution is 0.0944. The Kier molecular flexibility index (Phi) is 3.92. The van der Waals surface area contributed by atoms with Crippen molar-refractivity contribution >= 4 is 27.8 Å². The van der Waals surface area contributed by atoms with E-state index in [9.17, 15) is 9.90 Å². The minimum absolute atomic E-state index is 0.0363. The van der Waals surface area contributed by atoms with Gasteiger partial charge in [-0.05, 0) is 18.9 Å². The van der Waals surface area contributed by atoms with Crippen LogP contribution in [-0.2, 0) is 0 Å². The Morgan fingerprint density at radius 2 is 2.33 bits per heavy atom. The summed E-state index contributed by atoms with van der Waals surface area (Å²) in [4.78, 5) is 14.8. The first kappa shape index (κ1) is 13.4. The second-order valence-corrected chi connectivity index (χ2v) is 6.16. The molecule has 0 spiro atoms. The average molecular weight is 268 g/mol. The van der Waals surface area contributed by atoms with Crippen molar-refractivity contribution < 1.29 is 9.90 Å². The van der Waals surface area contributed by atoms with Crippen molar-refractivity contribution in [3.8, 4) is 0 Å². The van der Waals surface area contributed by atoms with Crippen molar-refractivity contribution in [2.24, 2.45) is 5.92 Å². The van der Waals surface area contributed by atoms with Gasteiger partial charge < -0.3 is 15.7 Å². The number of hydrogen-bond donors (Lipinski definition) is 2. The third kappa shape index (κ3) is 2.67. The van der Waals surface area contributed by atoms with Gasteiger partial charge in [0.05, 0.1) is 21.7 Å². The molecule has 1 atom stereocenters. The van der Waals surface area contributed by atoms with Crippen LogP contribution in [0, 0.1) is 5.92 Å². The van der Waals surface area contributed by atoms with Crippen LogP contribution in [0.3, 0.4) is 0 Å². The average Bonchev–Trinajstić information content (AvgIpc) is 2.70. The summed E-state index contributed by atoms with van der Waals surface area (Å²) in [7, 11) is 0. The fraction of sp³-hybridized carbons (Fsp3) is 0.615. The molecule has 100 valence electrons. The minimum Gasteiger partial charge on any atom is -0.397 e. The SMILES string of the molecule is CC(C)C(=O)c1sc(N2CCCC(O)C2)cc1N. The van der Waals surface area contributed by atoms with Gasteiger partial charge in [0.15, 0.2) is 5.78 Å². The van der Waals surface area contributed by atoms with E-state index in [-0.39, 0.29) is 17.8 Å². The number of aliphatic hydroxyl groups excluding tert-OH is 1. The molecule has 0 radical (unpaired) electrons. The molecule has 0 aromatic carbocycles. The van der Waals surface area contributed by atoms with Gasteiger partial charge >= 0.3 is 0 Å². The molecule has 5 heteroatoms. The molecule has 1 fully saturated rings. The van der Waals surface area contributed by atoms with Gasteiger partial charge in [-0.1, -0.05) is 13.8 Å². The number of nitrogens with zero attached hydrogens (tertiary/aromatic N) is 1. The number of rotatable bonds is 3. The molecule has 2 rings (SSSR count). The van der Waals surface area contributed by atoms with Crippen molar-refractivity contribution in [3.63, 3.8) is 0 Å². The fourth-order valence-corrected chi connectivity index (χ4v) is 3.36. The Morgan fingerprint density at radius 3 is 2.94 bits per heavy atom. The molecule has 0 bridgehead atoms. The highest BCUT2D eigenvalue weighted by Gasteiger charge is 2.23. The van der Waals surface area contributed by atoms with Crippen LogP contribution in [0.25, 0.3) is 0 Å². The number of carbonyl (C=O) groups excluding carboxylic acids is 1. The lowest BCUT2D eigenvalue weighted by Crippen LogP contribution is -2.37. The van der Waals surface area contributed by atoms with E-state index >= 15 is 0 Å². The molecule has 1 aromatic rings. The minimum atomic E-state index is -0.272. The van der Waals surface area contributed by atoms with Gasteiger partial charge in [0.1, 0.15) is 0 Å². The maximum absolute atomic E-state index is 12.0. The second-order valence-electron chi connectivity index (χ2n) is 5.13. The molecule has 2 heterocycles. The number of nitrogens with two attached hydrogens (primary N) is 1. The zero-order valence-electron chi connectivity index (χ0n) is 10.8. The van der Waals surface area contributed by atoms with Crippen LogP contribution < -0.4 is 10.6 Å². The number of ketones is 1. The quantitative estimate of drug-likeness (QED) is 0.824. The third-order valence-electron chi connectivity index (χ3n) is 3.20. The summed E-state index contributed by atoms with van der Waals surface area (Å²) >= 11 is 1.44. The molecular weight excluding hydrogens is 248 g/mol. The Labute approximate surface area is 111 Å². The Hall–Kier alpha value is -1.07. The van der Waals surface area contributed by atoms with Gasteiger partial charge in [0.2, 0.25) is 0 Å². The molecule has 18 heavy (non-hydrogen) atoms. The van der Waals surface area contributed by atoms with E-state index in [1.165, 1.54) is 11.3 Å². The standard InChI is InChI=1S/C13H20N2O2S/c1-8(2)12(17)13-10(14)6-11(18-13)15-5-3-4-9(16)7-15/h6,8-9,16H,3-5,7,14H2,1-2H3. The number of aliphatic hydroxyl groups is 1. The fourth-order valence-electron chi connectivity index (χ4n) is 2.16. The summed E-state index contributed by atoms with van der Waals surface area (Å²) < 4.78 is 0. The van der Waals surface area contributed by atoms with Crippen LogP contribution in [0.1, 0.15) is 36.4 Å². The van der Waals surface area contributed by atoms with Crippen molar-refractivity contribution in [2.75, 3.05) is 23.7 Å². The first-order valence-electron chi connectivity index (χ1n) is 6.35. The molecule has 3 N–H and O–H groups in total. The van der Waals surface area contributed by atoms with Gasteiger partial charge in [-0.3, -0.25) is 4.79 Å². The molecule has 1 unspecified atom stereocenters. The summed E-state index contributed by atoms with van der Waals surface area (Å²) in [5, 5.41) is 10.7. The summed E-state index contributed by atoms with van der Waals surface area (Å²) in [5.74, 6) is 0.0621. The monoisotopic (exact) mass is 268 g/mol. The zero-order valence-corrected chi connectivity index (χ0v) is 11.7. The zero-order chi connectivity index (χ0) is 13.3. The van der Waals surface area contributed by atoms with Crippen molar-refractivity contribution in [1.29, 1.82) is 0 Å². The van der Waals surface area contributed by atoms with Crippen LogP contribution >= 0.6 is 11.3 Å². The van der Waals surface area contributed by atoms with Crippen molar-refractivity contribution in [2.45, 2.75) is 32.8 Å². The van der Waals surface area contributed by atoms with E-state index in [2.05, 4.69) is 4.90 Å². The van der Waals surface area contributed by atoms with Crippen molar-refractivity contribution in [3.05, 3.63) is 10.9 Å². The van der Waals surface area contributed by atoms with Crippen LogP contribution in [0.4, 0.5) is 10.7 Å². The number of nitrogen functional groups attached to an aromatic ring is 1. The van der Waals surface area contributed by atoms with E-state index in [0.29, 0.717) is 17.1 Å². The molecule has 1 aromatic heterocycles. The van der Waals surface area contributed by atoms with Gasteiger partial charge in [0, 0.05) is 19.0 Å². The Bertz CT molecular complexity index is 442. The molecule has 0 amide bonds. The first-order valence-corrected chi connectivity index (χ1v) is 7.17. The molecule has 0 saturated carbocycles. The number of thiophene rings is 1. The maximum atomic E-state index is 12.0. The van der Waals surface area contributed by atoms with Crippen molar-refractivity contribution in [1.82, 2.24) is 0 Å². The molecule has 0 aliphatic carbocycles. The molecule has 1 saturated heterocycles. The van der Waals surface area contributed by atoms with Gasteiger partial charge in [0.25, 0.3) is 0 Å². The van der Waals surface area contributed by atoms with Crippen LogP contribution in [0.2, 0.25) is 0 Å². The van der Waals surface area contributed by atoms with Gasteiger partial charge in [-0.2, -0.15) is 0 Å². The predicted octanol–water partition coefficient (Wildman–Crippen LogP) is 2.13. The largest absolute Gasteiger partial charge is 0.397 e. The second kappa shape index (κ2) is 5.28. The third-order valence-corrected chi connectivity index (χ3v) is 4.43. The smallest absolute Gasteiger partial charge is 0.177 e. The number of carbonyl (C=O) groups is 1. The number of Topliss-reactive ketones (excluding diaryl/α,β-unsaturated/α-hetero) is 1. The van der Waals surface area contributed by atoms with E-state index in [1.54, 1.807) is 0 Å². The molecule has 1 aliphatic rings. The van der Waals surface area contributed by atoms with Crippen LogP contribution in [0.15, 0.2) is 6.07 Å². The molecule has 1 aliphatic heterocycles. The molecular formula is C13H20N2O2S. The summed E-state index contributed by atoms with van der Waals surface area (Å²) in [6.07, 6.45) is 1.56. The molecule has 4 nitrogen and oxygen atoms in total. The highest BCUT2D eigenvalue weighted by Crippen LogP contribution is 2.35. The highest BCUT2D eigenvalue weighted by molar-refractivity contribution is 7.18. The van der Waals surface area contributed by atoms with E-state index < -0.39 is 0 Å². The predicted molar refractivity (Wildman–Crippen MR) is 75.4 cm³/mol. The maximum Gasteiger partial charge on any atom is 0.177 e. The number of hydrogen-bond acceptors (Lipinski definition) is 5. The Morgan fingerprint density at radius 1 is 1.61 bits per heavy atom. The number of β-amino-alcohol motifs (C(OH)–C–C–N with tert-alkyl or cyclic N) is 1. The lowest BCUT2D eigenvalue weighted by Gasteiger charge is -2.30. The number of anilines is 2. The van der Waals surface area contributed by atoms with Crippen LogP contribution in [0.5, 0.6) is 0 Å². The Balaban J connectivity index is 2.20.